The van der Waals surface area contributed by atoms with Crippen molar-refractivity contribution in [3.8, 4) is 0 Å². The van der Waals surface area contributed by atoms with Crippen LogP contribution in [0.5, 0.6) is 0 Å². The fourth-order valence-electron chi connectivity index (χ4n) is 2.46. The molecule has 0 radical (unpaired) electrons. The number of nitrogens with zero attached hydrogens (tertiary/aromatic N) is 2. The molecule has 1 aliphatic rings. The molecule has 1 aliphatic carbocycles. The number of amides is 1. The molecule has 0 aliphatic heterocycles. The smallest absolute Gasteiger partial charge is 0.220 e. The van der Waals surface area contributed by atoms with E-state index >= 15 is 0 Å². The zero-order valence-corrected chi connectivity index (χ0v) is 10.3. The average molecular weight is 235 g/mol. The van der Waals surface area contributed by atoms with Crippen molar-refractivity contribution in [2.75, 3.05) is 6.54 Å². The van der Waals surface area contributed by atoms with Gasteiger partial charge in [-0.2, -0.15) is 0 Å². The van der Waals surface area contributed by atoms with Crippen molar-refractivity contribution in [2.24, 2.45) is 5.92 Å². The van der Waals surface area contributed by atoms with Crippen LogP contribution in [0.3, 0.4) is 0 Å². The maximum atomic E-state index is 11.6. The Kier molecular flexibility index (Phi) is 4.59. The lowest BCUT2D eigenvalue weighted by molar-refractivity contribution is -0.121. The third-order valence-corrected chi connectivity index (χ3v) is 3.42. The van der Waals surface area contributed by atoms with Crippen molar-refractivity contribution in [3.63, 3.8) is 0 Å². The van der Waals surface area contributed by atoms with E-state index in [1.165, 1.54) is 25.7 Å². The van der Waals surface area contributed by atoms with Gasteiger partial charge < -0.3 is 9.88 Å². The summed E-state index contributed by atoms with van der Waals surface area (Å²) >= 11 is 0. The van der Waals surface area contributed by atoms with E-state index in [4.69, 9.17) is 0 Å². The highest BCUT2D eigenvalue weighted by atomic mass is 16.1. The number of carbonyl (C=O) groups excluding carboxylic acids is 1. The fraction of sp³-hybridized carbons (Fsp3) is 0.692. The van der Waals surface area contributed by atoms with E-state index in [0.717, 1.165) is 25.9 Å². The van der Waals surface area contributed by atoms with Crippen LogP contribution in [-0.2, 0) is 11.3 Å². The summed E-state index contributed by atoms with van der Waals surface area (Å²) in [5.41, 5.74) is 0. The number of aromatic nitrogens is 2. The molecule has 17 heavy (non-hydrogen) atoms. The second-order valence-corrected chi connectivity index (χ2v) is 4.86. The Morgan fingerprint density at radius 3 is 2.94 bits per heavy atom. The van der Waals surface area contributed by atoms with Crippen LogP contribution >= 0.6 is 0 Å². The molecule has 1 N–H and O–H groups in total. The van der Waals surface area contributed by atoms with Gasteiger partial charge in [0.1, 0.15) is 0 Å². The number of carbonyl (C=O) groups is 1. The maximum Gasteiger partial charge on any atom is 0.220 e. The van der Waals surface area contributed by atoms with Crippen LogP contribution in [0, 0.1) is 5.92 Å². The maximum absolute atomic E-state index is 11.6. The summed E-state index contributed by atoms with van der Waals surface area (Å²) in [5.74, 6) is 0.867. The Morgan fingerprint density at radius 2 is 2.24 bits per heavy atom. The lowest BCUT2D eigenvalue weighted by atomic mass is 10.0. The molecule has 0 saturated heterocycles. The number of rotatable bonds is 6. The molecule has 1 amide bonds. The van der Waals surface area contributed by atoms with E-state index in [1.807, 2.05) is 10.8 Å². The highest BCUT2D eigenvalue weighted by Crippen LogP contribution is 2.27. The minimum Gasteiger partial charge on any atom is -0.356 e. The summed E-state index contributed by atoms with van der Waals surface area (Å²) in [6.45, 7) is 1.69. The molecule has 2 rings (SSSR count). The van der Waals surface area contributed by atoms with Crippen LogP contribution in [0.25, 0.3) is 0 Å². The molecular formula is C13H21N3O. The summed E-state index contributed by atoms with van der Waals surface area (Å²) in [5, 5.41) is 3.00. The highest BCUT2D eigenvalue weighted by molar-refractivity contribution is 5.76. The molecule has 0 bridgehead atoms. The topological polar surface area (TPSA) is 46.9 Å². The van der Waals surface area contributed by atoms with Gasteiger partial charge in [-0.3, -0.25) is 4.79 Å². The molecule has 0 unspecified atom stereocenters. The zero-order valence-electron chi connectivity index (χ0n) is 10.3. The molecular weight excluding hydrogens is 214 g/mol. The molecule has 1 saturated carbocycles. The summed E-state index contributed by atoms with van der Waals surface area (Å²) in [4.78, 5) is 15.6. The van der Waals surface area contributed by atoms with Gasteiger partial charge in [-0.05, 0) is 25.2 Å². The molecule has 1 fully saturated rings. The summed E-state index contributed by atoms with van der Waals surface area (Å²) < 4.78 is 2.03. The summed E-state index contributed by atoms with van der Waals surface area (Å²) in [6.07, 6.45) is 12.3. The second-order valence-electron chi connectivity index (χ2n) is 4.86. The Hall–Kier alpha value is -1.32. The van der Waals surface area contributed by atoms with Crippen molar-refractivity contribution >= 4 is 5.91 Å². The first-order valence-corrected chi connectivity index (χ1v) is 6.57. The van der Waals surface area contributed by atoms with Crippen molar-refractivity contribution in [1.82, 2.24) is 14.9 Å². The van der Waals surface area contributed by atoms with Crippen molar-refractivity contribution in [2.45, 2.75) is 45.1 Å². The van der Waals surface area contributed by atoms with Gasteiger partial charge in [-0.1, -0.05) is 12.8 Å². The van der Waals surface area contributed by atoms with Crippen LogP contribution in [-0.4, -0.2) is 22.0 Å². The van der Waals surface area contributed by atoms with Gasteiger partial charge in [-0.25, -0.2) is 4.98 Å². The first kappa shape index (κ1) is 12.1. The van der Waals surface area contributed by atoms with E-state index in [1.54, 1.807) is 12.5 Å². The van der Waals surface area contributed by atoms with Crippen molar-refractivity contribution in [3.05, 3.63) is 18.7 Å². The average Bonchev–Trinajstić information content (AvgIpc) is 2.96. The molecule has 1 heterocycles. The lowest BCUT2D eigenvalue weighted by Gasteiger charge is -2.09. The summed E-state index contributed by atoms with van der Waals surface area (Å²) in [6, 6.07) is 0. The van der Waals surface area contributed by atoms with Crippen LogP contribution in [0.2, 0.25) is 0 Å². The predicted octanol–water partition coefficient (Wildman–Crippen LogP) is 1.97. The van der Waals surface area contributed by atoms with Crippen LogP contribution in [0.15, 0.2) is 18.7 Å². The van der Waals surface area contributed by atoms with Gasteiger partial charge in [0, 0.05) is 31.9 Å². The lowest BCUT2D eigenvalue weighted by Crippen LogP contribution is -2.26. The molecule has 4 heteroatoms. The standard InChI is InChI=1S/C13H21N3O/c17-13(10-12-4-1-2-5-12)15-6-3-8-16-9-7-14-11-16/h7,9,11-12H,1-6,8,10H2,(H,15,17). The van der Waals surface area contributed by atoms with E-state index in [2.05, 4.69) is 10.3 Å². The zero-order chi connectivity index (χ0) is 11.9. The van der Waals surface area contributed by atoms with Crippen molar-refractivity contribution in [1.29, 1.82) is 0 Å². The van der Waals surface area contributed by atoms with Crippen LogP contribution in [0.4, 0.5) is 0 Å². The van der Waals surface area contributed by atoms with Gasteiger partial charge in [-0.15, -0.1) is 0 Å². The fourth-order valence-corrected chi connectivity index (χ4v) is 2.46. The number of aryl methyl sites for hydroxylation is 1. The Bertz CT molecular complexity index is 328. The molecule has 0 atom stereocenters. The monoisotopic (exact) mass is 235 g/mol. The van der Waals surface area contributed by atoms with Crippen LogP contribution in [0.1, 0.15) is 38.5 Å². The van der Waals surface area contributed by atoms with E-state index in [0.29, 0.717) is 5.92 Å². The Morgan fingerprint density at radius 1 is 1.41 bits per heavy atom. The first-order valence-electron chi connectivity index (χ1n) is 6.57. The normalized spacial score (nSPS) is 16.2. The van der Waals surface area contributed by atoms with Gasteiger partial charge in [0.25, 0.3) is 0 Å². The molecule has 1 aromatic heterocycles. The molecule has 0 aromatic carbocycles. The molecule has 4 nitrogen and oxygen atoms in total. The SMILES string of the molecule is O=C(CC1CCCC1)NCCCn1ccnc1. The largest absolute Gasteiger partial charge is 0.356 e. The molecule has 0 spiro atoms. The predicted molar refractivity (Wildman–Crippen MR) is 66.4 cm³/mol. The Labute approximate surface area is 102 Å². The van der Waals surface area contributed by atoms with E-state index in [9.17, 15) is 4.79 Å². The van der Waals surface area contributed by atoms with E-state index < -0.39 is 0 Å². The number of imidazole rings is 1. The van der Waals surface area contributed by atoms with Gasteiger partial charge in [0.05, 0.1) is 6.33 Å². The second kappa shape index (κ2) is 6.42. The number of nitrogens with one attached hydrogen (secondary N) is 1. The minimum absolute atomic E-state index is 0.225. The first-order chi connectivity index (χ1) is 8.34. The Balaban J connectivity index is 1.53. The quantitative estimate of drug-likeness (QED) is 0.766. The number of hydrogen-bond donors (Lipinski definition) is 1. The molecule has 94 valence electrons. The third kappa shape index (κ3) is 4.21. The summed E-state index contributed by atoms with van der Waals surface area (Å²) in [7, 11) is 0. The van der Waals surface area contributed by atoms with Gasteiger partial charge >= 0.3 is 0 Å². The van der Waals surface area contributed by atoms with Gasteiger partial charge in [0.2, 0.25) is 5.91 Å². The number of hydrogen-bond acceptors (Lipinski definition) is 2. The van der Waals surface area contributed by atoms with Crippen molar-refractivity contribution < 1.29 is 4.79 Å². The van der Waals surface area contributed by atoms with Crippen LogP contribution < -0.4 is 5.32 Å². The third-order valence-electron chi connectivity index (χ3n) is 3.42. The molecule has 1 aromatic rings. The van der Waals surface area contributed by atoms with Gasteiger partial charge in [0.15, 0.2) is 0 Å². The highest BCUT2D eigenvalue weighted by Gasteiger charge is 2.17. The van der Waals surface area contributed by atoms with E-state index in [-0.39, 0.29) is 5.91 Å². The minimum atomic E-state index is 0.225.